The van der Waals surface area contributed by atoms with Crippen LogP contribution in [-0.4, -0.2) is 32.5 Å². The predicted octanol–water partition coefficient (Wildman–Crippen LogP) is 4.03. The third-order valence-electron chi connectivity index (χ3n) is 5.20. The molecular formula is C21H21ClN6. The van der Waals surface area contributed by atoms with Gasteiger partial charge in [0.2, 0.25) is 5.95 Å². The van der Waals surface area contributed by atoms with Crippen LogP contribution < -0.4 is 10.2 Å². The number of rotatable bonds is 4. The van der Waals surface area contributed by atoms with E-state index in [1.165, 1.54) is 12.8 Å². The second-order valence-corrected chi connectivity index (χ2v) is 7.91. The summed E-state index contributed by atoms with van der Waals surface area (Å²) >= 11 is 6.41. The van der Waals surface area contributed by atoms with Crippen molar-refractivity contribution in [1.29, 1.82) is 0 Å². The molecule has 4 heterocycles. The molecule has 0 aromatic carbocycles. The van der Waals surface area contributed by atoms with Gasteiger partial charge in [-0.2, -0.15) is 0 Å². The van der Waals surface area contributed by atoms with E-state index >= 15 is 0 Å². The summed E-state index contributed by atoms with van der Waals surface area (Å²) in [6.45, 7) is 3.63. The molecule has 0 unspecified atom stereocenters. The molecule has 2 aliphatic rings. The van der Waals surface area contributed by atoms with Crippen LogP contribution in [0.2, 0.25) is 5.02 Å². The number of fused-ring (bicyclic) bond motifs is 1. The van der Waals surface area contributed by atoms with Crippen molar-refractivity contribution in [1.82, 2.24) is 19.9 Å². The Bertz CT molecular complexity index is 1020. The van der Waals surface area contributed by atoms with E-state index in [1.807, 2.05) is 37.5 Å². The van der Waals surface area contributed by atoms with Crippen LogP contribution in [-0.2, 0) is 13.0 Å². The lowest BCUT2D eigenvalue weighted by Gasteiger charge is -2.29. The van der Waals surface area contributed by atoms with Crippen molar-refractivity contribution in [2.45, 2.75) is 38.8 Å². The van der Waals surface area contributed by atoms with Crippen molar-refractivity contribution >= 4 is 23.4 Å². The highest BCUT2D eigenvalue weighted by molar-refractivity contribution is 6.33. The molecule has 1 aliphatic heterocycles. The minimum atomic E-state index is 0.560. The summed E-state index contributed by atoms with van der Waals surface area (Å²) < 4.78 is 0. The van der Waals surface area contributed by atoms with Gasteiger partial charge in [0.25, 0.3) is 0 Å². The molecule has 0 radical (unpaired) electrons. The van der Waals surface area contributed by atoms with E-state index < -0.39 is 0 Å². The molecular weight excluding hydrogens is 372 g/mol. The minimum Gasteiger partial charge on any atom is -0.352 e. The van der Waals surface area contributed by atoms with Crippen molar-refractivity contribution in [3.05, 3.63) is 58.6 Å². The van der Waals surface area contributed by atoms with E-state index in [-0.39, 0.29) is 0 Å². The first kappa shape index (κ1) is 17.4. The maximum absolute atomic E-state index is 6.41. The molecule has 0 spiro atoms. The Kier molecular flexibility index (Phi) is 4.36. The molecule has 3 aromatic rings. The fourth-order valence-electron chi connectivity index (χ4n) is 3.42. The number of aromatic nitrogens is 4. The third kappa shape index (κ3) is 3.52. The number of hydrogen-bond donors (Lipinski definition) is 1. The first-order valence-electron chi connectivity index (χ1n) is 9.60. The number of nitrogens with zero attached hydrogens (tertiary/aromatic N) is 5. The lowest BCUT2D eigenvalue weighted by atomic mass is 10.1. The van der Waals surface area contributed by atoms with Gasteiger partial charge in [-0.1, -0.05) is 17.7 Å². The van der Waals surface area contributed by atoms with Gasteiger partial charge in [-0.25, -0.2) is 15.0 Å². The Morgan fingerprint density at radius 1 is 1.11 bits per heavy atom. The fraction of sp³-hybridized carbons (Fsp3) is 0.333. The molecule has 142 valence electrons. The van der Waals surface area contributed by atoms with Crippen molar-refractivity contribution in [3.63, 3.8) is 0 Å². The van der Waals surface area contributed by atoms with Gasteiger partial charge in [0.15, 0.2) is 0 Å². The number of anilines is 2. The summed E-state index contributed by atoms with van der Waals surface area (Å²) in [5, 5.41) is 3.98. The van der Waals surface area contributed by atoms with Gasteiger partial charge in [0.05, 0.1) is 16.4 Å². The summed E-state index contributed by atoms with van der Waals surface area (Å²) in [6, 6.07) is 6.62. The first-order chi connectivity index (χ1) is 13.7. The normalized spacial score (nSPS) is 16.0. The Balaban J connectivity index is 1.39. The van der Waals surface area contributed by atoms with Gasteiger partial charge in [-0.05, 0) is 37.5 Å². The van der Waals surface area contributed by atoms with Crippen LogP contribution in [0.3, 0.4) is 0 Å². The number of halogens is 1. The molecule has 1 fully saturated rings. The van der Waals surface area contributed by atoms with Gasteiger partial charge < -0.3 is 10.2 Å². The molecule has 28 heavy (non-hydrogen) atoms. The predicted molar refractivity (Wildman–Crippen MR) is 111 cm³/mol. The van der Waals surface area contributed by atoms with Gasteiger partial charge in [0, 0.05) is 55.3 Å². The van der Waals surface area contributed by atoms with E-state index in [9.17, 15) is 0 Å². The molecule has 0 amide bonds. The maximum atomic E-state index is 6.41. The monoisotopic (exact) mass is 392 g/mol. The molecule has 3 aromatic heterocycles. The average molecular weight is 393 g/mol. The molecule has 0 bridgehead atoms. The number of nitrogens with one attached hydrogen (secondary N) is 1. The van der Waals surface area contributed by atoms with Gasteiger partial charge in [-0.3, -0.25) is 4.98 Å². The van der Waals surface area contributed by atoms with E-state index in [4.69, 9.17) is 16.6 Å². The summed E-state index contributed by atoms with van der Waals surface area (Å²) in [7, 11) is 0. The molecule has 0 saturated heterocycles. The summed E-state index contributed by atoms with van der Waals surface area (Å²) in [5.74, 6) is 1.65. The average Bonchev–Trinajstić information content (AvgIpc) is 3.53. The maximum Gasteiger partial charge on any atom is 0.223 e. The highest BCUT2D eigenvalue weighted by atomic mass is 35.5. The topological polar surface area (TPSA) is 66.8 Å². The van der Waals surface area contributed by atoms with E-state index in [1.54, 1.807) is 6.20 Å². The smallest absolute Gasteiger partial charge is 0.223 e. The van der Waals surface area contributed by atoms with Crippen LogP contribution in [0.4, 0.5) is 11.8 Å². The SMILES string of the molecule is Cc1ccc(-c2cc(N3CCc4nc(NC5CC5)ncc4C3)ncc2Cl)nc1. The Morgan fingerprint density at radius 2 is 2.00 bits per heavy atom. The van der Waals surface area contributed by atoms with E-state index in [0.29, 0.717) is 11.1 Å². The van der Waals surface area contributed by atoms with Crippen LogP contribution in [0.15, 0.2) is 36.8 Å². The van der Waals surface area contributed by atoms with Crippen molar-refractivity contribution in [3.8, 4) is 11.3 Å². The van der Waals surface area contributed by atoms with Crippen LogP contribution in [0.25, 0.3) is 11.3 Å². The Hall–Kier alpha value is -2.73. The lowest BCUT2D eigenvalue weighted by Crippen LogP contribution is -2.32. The van der Waals surface area contributed by atoms with Gasteiger partial charge in [-0.15, -0.1) is 0 Å². The fourth-order valence-corrected chi connectivity index (χ4v) is 3.62. The Labute approximate surface area is 169 Å². The van der Waals surface area contributed by atoms with Crippen molar-refractivity contribution in [2.75, 3.05) is 16.8 Å². The number of aryl methyl sites for hydroxylation is 1. The molecule has 7 heteroatoms. The van der Waals surface area contributed by atoms with Crippen LogP contribution in [0, 0.1) is 6.92 Å². The zero-order valence-corrected chi connectivity index (χ0v) is 16.4. The van der Waals surface area contributed by atoms with Crippen molar-refractivity contribution in [2.24, 2.45) is 0 Å². The Morgan fingerprint density at radius 3 is 2.79 bits per heavy atom. The lowest BCUT2D eigenvalue weighted by molar-refractivity contribution is 0.697. The molecule has 1 saturated carbocycles. The standard InChI is InChI=1S/C21H21ClN6/c1-13-2-5-19(23-9-13)16-8-20(24-11-17(16)22)28-7-6-18-14(12-28)10-25-21(27-18)26-15-3-4-15/h2,5,8-11,15H,3-4,6-7,12H2,1H3,(H,25,26,27). The van der Waals surface area contributed by atoms with Gasteiger partial charge >= 0.3 is 0 Å². The number of hydrogen-bond acceptors (Lipinski definition) is 6. The van der Waals surface area contributed by atoms with Crippen LogP contribution >= 0.6 is 11.6 Å². The molecule has 1 aliphatic carbocycles. The quantitative estimate of drug-likeness (QED) is 0.723. The molecule has 1 N–H and O–H groups in total. The summed E-state index contributed by atoms with van der Waals surface area (Å²) in [5.41, 5.74) is 5.16. The highest BCUT2D eigenvalue weighted by Gasteiger charge is 2.24. The third-order valence-corrected chi connectivity index (χ3v) is 5.50. The zero-order chi connectivity index (χ0) is 19.1. The number of pyridine rings is 2. The molecule has 0 atom stereocenters. The minimum absolute atomic E-state index is 0.560. The van der Waals surface area contributed by atoms with Gasteiger partial charge in [0.1, 0.15) is 5.82 Å². The van der Waals surface area contributed by atoms with Crippen LogP contribution in [0.5, 0.6) is 0 Å². The summed E-state index contributed by atoms with van der Waals surface area (Å²) in [6.07, 6.45) is 8.82. The highest BCUT2D eigenvalue weighted by Crippen LogP contribution is 2.31. The molecule has 6 nitrogen and oxygen atoms in total. The van der Waals surface area contributed by atoms with E-state index in [2.05, 4.69) is 25.2 Å². The zero-order valence-electron chi connectivity index (χ0n) is 15.7. The largest absolute Gasteiger partial charge is 0.352 e. The van der Waals surface area contributed by atoms with E-state index in [0.717, 1.165) is 59.4 Å². The molecule has 5 rings (SSSR count). The summed E-state index contributed by atoms with van der Waals surface area (Å²) in [4.78, 5) is 20.5. The second kappa shape index (κ2) is 7.02. The van der Waals surface area contributed by atoms with Crippen LogP contribution in [0.1, 0.15) is 29.7 Å². The van der Waals surface area contributed by atoms with Crippen molar-refractivity contribution < 1.29 is 0 Å². The second-order valence-electron chi connectivity index (χ2n) is 7.50. The first-order valence-corrected chi connectivity index (χ1v) is 9.98.